The highest BCUT2D eigenvalue weighted by molar-refractivity contribution is 5.75. The van der Waals surface area contributed by atoms with Gasteiger partial charge in [0.25, 0.3) is 0 Å². The molecular weight excluding hydrogens is 244 g/mol. The van der Waals surface area contributed by atoms with Crippen LogP contribution in [0.3, 0.4) is 0 Å². The fourth-order valence-corrected chi connectivity index (χ4v) is 2.24. The van der Waals surface area contributed by atoms with E-state index in [1.807, 2.05) is 6.92 Å². The van der Waals surface area contributed by atoms with Crippen LogP contribution < -0.4 is 5.32 Å². The van der Waals surface area contributed by atoms with Crippen molar-refractivity contribution in [1.29, 1.82) is 0 Å². The third-order valence-corrected chi connectivity index (χ3v) is 4.16. The maximum atomic E-state index is 12.1. The lowest BCUT2D eigenvalue weighted by Crippen LogP contribution is -2.51. The Bertz CT molecular complexity index is 342. The Morgan fingerprint density at radius 3 is 2.53 bits per heavy atom. The Morgan fingerprint density at radius 1 is 1.42 bits per heavy atom. The van der Waals surface area contributed by atoms with E-state index in [2.05, 4.69) is 26.1 Å². The summed E-state index contributed by atoms with van der Waals surface area (Å²) in [5.74, 6) is -1.06. The van der Waals surface area contributed by atoms with Crippen LogP contribution in [0.2, 0.25) is 0 Å². The average Bonchev–Trinajstić information content (AvgIpc) is 2.36. The van der Waals surface area contributed by atoms with Gasteiger partial charge in [-0.1, -0.05) is 20.8 Å². The van der Waals surface area contributed by atoms with Gasteiger partial charge in [0.15, 0.2) is 0 Å². The van der Waals surface area contributed by atoms with Crippen molar-refractivity contribution in [2.45, 2.75) is 53.0 Å². The lowest BCUT2D eigenvalue weighted by molar-refractivity contribution is -0.143. The van der Waals surface area contributed by atoms with E-state index in [9.17, 15) is 9.59 Å². The van der Waals surface area contributed by atoms with Crippen LogP contribution in [0.25, 0.3) is 0 Å². The van der Waals surface area contributed by atoms with Gasteiger partial charge in [-0.2, -0.15) is 0 Å². The van der Waals surface area contributed by atoms with E-state index in [1.54, 1.807) is 4.90 Å². The predicted molar refractivity (Wildman–Crippen MR) is 74.0 cm³/mol. The quantitative estimate of drug-likeness (QED) is 0.823. The Morgan fingerprint density at radius 2 is 2.05 bits per heavy atom. The number of nitrogens with one attached hydrogen (secondary N) is 1. The second-order valence-corrected chi connectivity index (χ2v) is 6.28. The SMILES string of the molecule is CCC(C)(C)CNC(=O)N1CCC(C(=O)O)CC1C. The standard InChI is InChI=1S/C14H26N2O3/c1-5-14(3,4)9-15-13(19)16-7-6-11(12(17)18)8-10(16)2/h10-11H,5-9H2,1-4H3,(H,15,19)(H,17,18). The van der Waals surface area contributed by atoms with Crippen LogP contribution in [0.5, 0.6) is 0 Å². The predicted octanol–water partition coefficient (Wildman–Crippen LogP) is 2.32. The van der Waals surface area contributed by atoms with Crippen LogP contribution in [0.15, 0.2) is 0 Å². The fourth-order valence-electron chi connectivity index (χ4n) is 2.24. The zero-order chi connectivity index (χ0) is 14.6. The molecule has 1 fully saturated rings. The summed E-state index contributed by atoms with van der Waals surface area (Å²) in [6, 6.07) is -0.0857. The highest BCUT2D eigenvalue weighted by Gasteiger charge is 2.32. The largest absolute Gasteiger partial charge is 0.481 e. The molecule has 5 nitrogen and oxygen atoms in total. The zero-order valence-corrected chi connectivity index (χ0v) is 12.4. The molecule has 1 saturated heterocycles. The normalized spacial score (nSPS) is 24.1. The van der Waals surface area contributed by atoms with Gasteiger partial charge in [0.2, 0.25) is 0 Å². The molecule has 0 radical (unpaired) electrons. The third-order valence-electron chi connectivity index (χ3n) is 4.16. The number of likely N-dealkylation sites (tertiary alicyclic amines) is 1. The molecule has 0 bridgehead atoms. The third kappa shape index (κ3) is 4.40. The lowest BCUT2D eigenvalue weighted by Gasteiger charge is -2.37. The molecular formula is C14H26N2O3. The van der Waals surface area contributed by atoms with Gasteiger partial charge in [0.05, 0.1) is 5.92 Å². The Labute approximate surface area is 115 Å². The molecule has 2 N–H and O–H groups in total. The molecule has 1 heterocycles. The fraction of sp³-hybridized carbons (Fsp3) is 0.857. The van der Waals surface area contributed by atoms with Crippen molar-refractivity contribution in [1.82, 2.24) is 10.2 Å². The van der Waals surface area contributed by atoms with Crippen LogP contribution in [-0.4, -0.2) is 41.1 Å². The molecule has 0 saturated carbocycles. The number of hydrogen-bond donors (Lipinski definition) is 2. The average molecular weight is 270 g/mol. The van der Waals surface area contributed by atoms with E-state index in [0.717, 1.165) is 6.42 Å². The molecule has 19 heavy (non-hydrogen) atoms. The number of urea groups is 1. The van der Waals surface area contributed by atoms with Gasteiger partial charge in [-0.05, 0) is 31.6 Å². The van der Waals surface area contributed by atoms with Crippen molar-refractivity contribution in [2.75, 3.05) is 13.1 Å². The van der Waals surface area contributed by atoms with E-state index in [1.165, 1.54) is 0 Å². The van der Waals surface area contributed by atoms with E-state index < -0.39 is 5.97 Å². The Balaban J connectivity index is 2.48. The minimum atomic E-state index is -0.751. The van der Waals surface area contributed by atoms with E-state index in [4.69, 9.17) is 5.11 Å². The molecule has 110 valence electrons. The Hall–Kier alpha value is -1.26. The molecule has 0 spiro atoms. The van der Waals surface area contributed by atoms with Crippen molar-refractivity contribution in [3.63, 3.8) is 0 Å². The van der Waals surface area contributed by atoms with Gasteiger partial charge in [0, 0.05) is 19.1 Å². The van der Waals surface area contributed by atoms with Crippen molar-refractivity contribution in [3.8, 4) is 0 Å². The number of amides is 2. The van der Waals surface area contributed by atoms with Crippen LogP contribution >= 0.6 is 0 Å². The lowest BCUT2D eigenvalue weighted by atomic mass is 9.90. The van der Waals surface area contributed by atoms with E-state index in [0.29, 0.717) is 25.9 Å². The summed E-state index contributed by atoms with van der Waals surface area (Å²) in [4.78, 5) is 24.8. The first-order chi connectivity index (χ1) is 8.76. The molecule has 1 rings (SSSR count). The van der Waals surface area contributed by atoms with Crippen molar-refractivity contribution in [3.05, 3.63) is 0 Å². The summed E-state index contributed by atoms with van der Waals surface area (Å²) in [7, 11) is 0. The monoisotopic (exact) mass is 270 g/mol. The van der Waals surface area contributed by atoms with Crippen LogP contribution in [0.4, 0.5) is 4.79 Å². The maximum Gasteiger partial charge on any atom is 0.317 e. The summed E-state index contributed by atoms with van der Waals surface area (Å²) in [5, 5.41) is 12.0. The molecule has 2 atom stereocenters. The second kappa shape index (κ2) is 6.26. The smallest absolute Gasteiger partial charge is 0.317 e. The number of nitrogens with zero attached hydrogens (tertiary/aromatic N) is 1. The van der Waals surface area contributed by atoms with Crippen LogP contribution in [0, 0.1) is 11.3 Å². The van der Waals surface area contributed by atoms with Crippen LogP contribution in [0.1, 0.15) is 47.0 Å². The number of piperidine rings is 1. The second-order valence-electron chi connectivity index (χ2n) is 6.28. The summed E-state index contributed by atoms with van der Waals surface area (Å²) in [6.45, 7) is 9.43. The van der Waals surface area contributed by atoms with Gasteiger partial charge >= 0.3 is 12.0 Å². The molecule has 0 aliphatic carbocycles. The summed E-state index contributed by atoms with van der Waals surface area (Å²) >= 11 is 0. The number of carboxylic acids is 1. The van der Waals surface area contributed by atoms with Crippen LogP contribution in [-0.2, 0) is 4.79 Å². The summed E-state index contributed by atoms with van der Waals surface area (Å²) in [6.07, 6.45) is 2.09. The zero-order valence-electron chi connectivity index (χ0n) is 12.4. The topological polar surface area (TPSA) is 69.6 Å². The van der Waals surface area contributed by atoms with Gasteiger partial charge in [-0.25, -0.2) is 4.79 Å². The molecule has 1 aliphatic heterocycles. The van der Waals surface area contributed by atoms with Gasteiger partial charge < -0.3 is 15.3 Å². The molecule has 2 amide bonds. The number of carbonyl (C=O) groups is 2. The first-order valence-electron chi connectivity index (χ1n) is 7.04. The molecule has 0 aromatic rings. The molecule has 0 aromatic heterocycles. The number of rotatable bonds is 4. The first-order valence-corrected chi connectivity index (χ1v) is 7.04. The van der Waals surface area contributed by atoms with E-state index in [-0.39, 0.29) is 23.4 Å². The van der Waals surface area contributed by atoms with Gasteiger partial charge in [0.1, 0.15) is 0 Å². The molecule has 5 heteroatoms. The first kappa shape index (κ1) is 15.8. The maximum absolute atomic E-state index is 12.1. The van der Waals surface area contributed by atoms with Crippen molar-refractivity contribution >= 4 is 12.0 Å². The number of aliphatic carboxylic acids is 1. The summed E-state index contributed by atoms with van der Waals surface area (Å²) in [5.41, 5.74) is 0.0955. The van der Waals surface area contributed by atoms with E-state index >= 15 is 0 Å². The number of carboxylic acid groups (broad SMARTS) is 1. The van der Waals surface area contributed by atoms with Gasteiger partial charge in [-0.15, -0.1) is 0 Å². The molecule has 1 aliphatic rings. The minimum Gasteiger partial charge on any atom is -0.481 e. The molecule has 0 aromatic carbocycles. The molecule has 2 unspecified atom stereocenters. The van der Waals surface area contributed by atoms with Crippen molar-refractivity contribution in [2.24, 2.45) is 11.3 Å². The highest BCUT2D eigenvalue weighted by Crippen LogP contribution is 2.23. The minimum absolute atomic E-state index is 0.0143. The highest BCUT2D eigenvalue weighted by atomic mass is 16.4. The number of carbonyl (C=O) groups excluding carboxylic acids is 1. The Kier molecular flexibility index (Phi) is 5.20. The summed E-state index contributed by atoms with van der Waals surface area (Å²) < 4.78 is 0. The number of hydrogen-bond acceptors (Lipinski definition) is 2. The van der Waals surface area contributed by atoms with Crippen molar-refractivity contribution < 1.29 is 14.7 Å². The van der Waals surface area contributed by atoms with Gasteiger partial charge in [-0.3, -0.25) is 4.79 Å².